The average molecular weight is 506 g/mol. The van der Waals surface area contributed by atoms with Crippen LogP contribution in [0.1, 0.15) is 49.1 Å². The van der Waals surface area contributed by atoms with Gasteiger partial charge in [0.25, 0.3) is 17.7 Å². The molecule has 3 aliphatic heterocycles. The van der Waals surface area contributed by atoms with E-state index < -0.39 is 0 Å². The van der Waals surface area contributed by atoms with Gasteiger partial charge in [-0.25, -0.2) is 0 Å². The van der Waals surface area contributed by atoms with Crippen molar-refractivity contribution in [1.82, 2.24) is 14.8 Å². The van der Waals surface area contributed by atoms with Gasteiger partial charge >= 0.3 is 0 Å². The fourth-order valence-electron chi connectivity index (χ4n) is 6.50. The number of aromatic nitrogens is 1. The third kappa shape index (κ3) is 3.65. The maximum Gasteiger partial charge on any atom is 0.278 e. The summed E-state index contributed by atoms with van der Waals surface area (Å²) in [5, 5.41) is 1.18. The number of hydrogen-bond donors (Lipinski definition) is 2. The third-order valence-corrected chi connectivity index (χ3v) is 8.50. The molecular weight excluding hydrogens is 476 g/mol. The van der Waals surface area contributed by atoms with Crippen LogP contribution in [0.25, 0.3) is 10.9 Å². The number of aromatic amines is 1. The number of fused-ring (bicyclic) bond motifs is 5. The summed E-state index contributed by atoms with van der Waals surface area (Å²) in [6, 6.07) is 23.4. The van der Waals surface area contributed by atoms with E-state index in [1.54, 1.807) is 24.3 Å². The summed E-state index contributed by atoms with van der Waals surface area (Å²) >= 11 is 0. The van der Waals surface area contributed by atoms with Crippen LogP contribution in [0.4, 0.5) is 0 Å². The van der Waals surface area contributed by atoms with Crippen LogP contribution in [-0.2, 0) is 24.2 Å². The van der Waals surface area contributed by atoms with Gasteiger partial charge in [0.05, 0.1) is 24.2 Å². The number of benzene rings is 3. The van der Waals surface area contributed by atoms with Crippen molar-refractivity contribution in [1.29, 1.82) is 0 Å². The van der Waals surface area contributed by atoms with Crippen LogP contribution in [0.15, 0.2) is 72.8 Å². The van der Waals surface area contributed by atoms with Crippen molar-refractivity contribution in [2.45, 2.75) is 25.4 Å². The van der Waals surface area contributed by atoms with Crippen molar-refractivity contribution >= 4 is 28.6 Å². The minimum atomic E-state index is -0.248. The Morgan fingerprint density at radius 3 is 2.42 bits per heavy atom. The molecule has 7 nitrogen and oxygen atoms in total. The quantitative estimate of drug-likeness (QED) is 0.419. The fourth-order valence-corrected chi connectivity index (χ4v) is 6.50. The van der Waals surface area contributed by atoms with Crippen molar-refractivity contribution in [2.75, 3.05) is 26.2 Å². The summed E-state index contributed by atoms with van der Waals surface area (Å²) in [6.07, 6.45) is 1.68. The van der Waals surface area contributed by atoms with Gasteiger partial charge in [0.2, 0.25) is 0 Å². The molecule has 2 atom stereocenters. The van der Waals surface area contributed by atoms with Crippen LogP contribution in [-0.4, -0.2) is 58.7 Å². The van der Waals surface area contributed by atoms with E-state index in [0.29, 0.717) is 30.8 Å². The predicted octanol–water partition coefficient (Wildman–Crippen LogP) is 2.53. The fraction of sp³-hybridized carbons (Fsp3) is 0.258. The summed E-state index contributed by atoms with van der Waals surface area (Å²) in [7, 11) is 0. The van der Waals surface area contributed by atoms with Crippen LogP contribution >= 0.6 is 0 Å². The zero-order valence-electron chi connectivity index (χ0n) is 21.1. The van der Waals surface area contributed by atoms with Crippen LogP contribution in [0.2, 0.25) is 0 Å². The van der Waals surface area contributed by atoms with E-state index in [0.717, 1.165) is 35.4 Å². The molecule has 0 saturated carbocycles. The van der Waals surface area contributed by atoms with E-state index >= 15 is 0 Å². The van der Waals surface area contributed by atoms with Gasteiger partial charge in [0.1, 0.15) is 6.04 Å². The molecule has 3 aliphatic rings. The lowest BCUT2D eigenvalue weighted by Gasteiger charge is -2.37. The van der Waals surface area contributed by atoms with E-state index in [1.165, 1.54) is 27.1 Å². The first-order chi connectivity index (χ1) is 18.6. The average Bonchev–Trinajstić information content (AvgIpc) is 3.44. The molecule has 0 radical (unpaired) electrons. The van der Waals surface area contributed by atoms with E-state index in [-0.39, 0.29) is 30.3 Å². The highest BCUT2D eigenvalue weighted by Gasteiger charge is 2.41. The second-order valence-electron chi connectivity index (χ2n) is 10.5. The predicted molar refractivity (Wildman–Crippen MR) is 143 cm³/mol. The van der Waals surface area contributed by atoms with E-state index in [1.807, 2.05) is 29.2 Å². The Bertz CT molecular complexity index is 1570. The maximum absolute atomic E-state index is 13.7. The number of nitrogens with one attached hydrogen (secondary N) is 2. The molecule has 0 bridgehead atoms. The van der Waals surface area contributed by atoms with Crippen LogP contribution in [0, 0.1) is 0 Å². The number of nitrogens with zero attached hydrogens (tertiary/aromatic N) is 2. The van der Waals surface area contributed by atoms with Crippen LogP contribution in [0.5, 0.6) is 0 Å². The lowest BCUT2D eigenvalue weighted by Crippen LogP contribution is -3.15. The first kappa shape index (κ1) is 22.9. The van der Waals surface area contributed by atoms with Gasteiger partial charge in [-0.2, -0.15) is 0 Å². The van der Waals surface area contributed by atoms with Crippen molar-refractivity contribution in [3.05, 3.63) is 106 Å². The number of hydrogen-bond acceptors (Lipinski definition) is 3. The summed E-state index contributed by atoms with van der Waals surface area (Å²) in [5.74, 6) is -0.382. The van der Waals surface area contributed by atoms with Gasteiger partial charge in [-0.3, -0.25) is 19.3 Å². The van der Waals surface area contributed by atoms with Crippen LogP contribution < -0.4 is 4.90 Å². The molecule has 190 valence electrons. The van der Waals surface area contributed by atoms with Gasteiger partial charge in [-0.15, -0.1) is 0 Å². The first-order valence-corrected chi connectivity index (χ1v) is 13.3. The van der Waals surface area contributed by atoms with E-state index in [4.69, 9.17) is 0 Å². The molecule has 7 rings (SSSR count). The summed E-state index contributed by atoms with van der Waals surface area (Å²) in [4.78, 5) is 48.0. The highest BCUT2D eigenvalue weighted by molar-refractivity contribution is 6.21. The molecule has 4 heterocycles. The monoisotopic (exact) mass is 505 g/mol. The highest BCUT2D eigenvalue weighted by Crippen LogP contribution is 2.29. The molecule has 3 amide bonds. The second-order valence-corrected chi connectivity index (χ2v) is 10.5. The summed E-state index contributed by atoms with van der Waals surface area (Å²) < 4.78 is 0. The van der Waals surface area contributed by atoms with Crippen LogP contribution in [0.3, 0.4) is 0 Å². The zero-order valence-corrected chi connectivity index (χ0v) is 21.1. The largest absolute Gasteiger partial charge is 0.358 e. The zero-order chi connectivity index (χ0) is 25.8. The Balaban J connectivity index is 1.14. The lowest BCUT2D eigenvalue weighted by atomic mass is 9.92. The van der Waals surface area contributed by atoms with Gasteiger partial charge in [-0.1, -0.05) is 54.6 Å². The number of carbonyl (C=O) groups excluding carboxylic acids is 3. The Kier molecular flexibility index (Phi) is 5.40. The summed E-state index contributed by atoms with van der Waals surface area (Å²) in [5.41, 5.74) is 6.82. The highest BCUT2D eigenvalue weighted by atomic mass is 16.2. The molecular formula is C31H29N4O3+. The molecule has 4 aromatic rings. The molecule has 1 aromatic heterocycles. The van der Waals surface area contributed by atoms with Gasteiger partial charge in [-0.05, 0) is 23.8 Å². The summed E-state index contributed by atoms with van der Waals surface area (Å²) in [6.45, 7) is 2.66. The van der Waals surface area contributed by atoms with Gasteiger partial charge in [0, 0.05) is 53.7 Å². The molecule has 38 heavy (non-hydrogen) atoms. The molecule has 0 spiro atoms. The van der Waals surface area contributed by atoms with E-state index in [9.17, 15) is 14.4 Å². The number of rotatable bonds is 4. The van der Waals surface area contributed by atoms with Crippen molar-refractivity contribution in [2.24, 2.45) is 0 Å². The lowest BCUT2D eigenvalue weighted by molar-refractivity contribution is -0.925. The van der Waals surface area contributed by atoms with Crippen molar-refractivity contribution in [3.8, 4) is 0 Å². The Hall–Kier alpha value is -4.23. The smallest absolute Gasteiger partial charge is 0.278 e. The Labute approximate surface area is 220 Å². The van der Waals surface area contributed by atoms with Gasteiger partial charge < -0.3 is 14.8 Å². The molecule has 2 N–H and O–H groups in total. The molecule has 0 fully saturated rings. The van der Waals surface area contributed by atoms with Crippen molar-refractivity contribution in [3.63, 3.8) is 0 Å². The number of H-pyrrole nitrogens is 1. The Morgan fingerprint density at radius 2 is 1.61 bits per heavy atom. The van der Waals surface area contributed by atoms with Gasteiger partial charge in [0.15, 0.2) is 6.54 Å². The van der Waals surface area contributed by atoms with Crippen molar-refractivity contribution < 1.29 is 19.3 Å². The number of amides is 3. The van der Waals surface area contributed by atoms with E-state index in [2.05, 4.69) is 29.2 Å². The minimum absolute atomic E-state index is 0.114. The number of para-hydroxylation sites is 1. The number of quaternary nitrogens is 1. The Morgan fingerprint density at radius 1 is 0.895 bits per heavy atom. The molecule has 0 saturated heterocycles. The topological polar surface area (TPSA) is 77.9 Å². The number of carbonyl (C=O) groups is 3. The standard InChI is InChI=1S/C31H28N4O3/c36-29(34-16-14-27-25(17-34)22-9-5-6-12-26(22)32-27)19-33-15-13-20-7-1-2-8-21(20)28(33)18-35-30(37)23-10-3-4-11-24(23)31(35)38/h1-12,28,32H,13-19H2/p+1/t28-/m1/s1. The minimum Gasteiger partial charge on any atom is -0.358 e. The molecule has 1 unspecified atom stereocenters. The molecule has 3 aromatic carbocycles. The maximum atomic E-state index is 13.7. The number of imide groups is 1. The second kappa shape index (κ2) is 8.96. The first-order valence-electron chi connectivity index (χ1n) is 13.3. The molecule has 7 heteroatoms. The third-order valence-electron chi connectivity index (χ3n) is 8.50. The molecule has 0 aliphatic carbocycles. The SMILES string of the molecule is O=C(C[NH+]1CCc2ccccc2[C@H]1CN1C(=O)c2ccccc2C1=O)N1CCc2[nH]c3ccccc3c2C1. The normalized spacial score (nSPS) is 20.4.